The molecule has 0 aromatic rings. The van der Waals surface area contributed by atoms with Gasteiger partial charge in [-0.2, -0.15) is 0 Å². The average molecular weight is 161 g/mol. The molecule has 0 radical (unpaired) electrons. The van der Waals surface area contributed by atoms with Gasteiger partial charge in [0.1, 0.15) is 0 Å². The Bertz CT molecular complexity index is 43.3. The first kappa shape index (κ1) is 25.0. The molecule has 0 fully saturated rings. The van der Waals surface area contributed by atoms with Gasteiger partial charge in [0.25, 0.3) is 5.97 Å². The standard InChI is InChI=1S/C2H4O2.C2H4.2ClH/c1-2(3)4;1-2;;/h1H3,(H,3,4);1-2H2;2*1H. The van der Waals surface area contributed by atoms with Crippen molar-refractivity contribution in [3.05, 3.63) is 13.2 Å². The third-order valence-electron chi connectivity index (χ3n) is 0. The van der Waals surface area contributed by atoms with E-state index in [-0.39, 0.29) is 24.8 Å². The van der Waals surface area contributed by atoms with Crippen LogP contribution in [0.3, 0.4) is 0 Å². The van der Waals surface area contributed by atoms with Crippen molar-refractivity contribution in [1.29, 1.82) is 0 Å². The Balaban J connectivity index is -0.0000000183. The highest BCUT2D eigenvalue weighted by molar-refractivity contribution is 5.85. The van der Waals surface area contributed by atoms with E-state index in [1.54, 1.807) is 0 Å². The summed E-state index contributed by atoms with van der Waals surface area (Å²) in [5, 5.41) is 7.42. The van der Waals surface area contributed by atoms with E-state index < -0.39 is 5.97 Å². The van der Waals surface area contributed by atoms with Crippen LogP contribution >= 0.6 is 24.8 Å². The normalized spacial score (nSPS) is 3.62. The second-order valence-electron chi connectivity index (χ2n) is 0.519. The van der Waals surface area contributed by atoms with Gasteiger partial charge >= 0.3 is 0 Å². The predicted molar refractivity (Wildman–Crippen MR) is 39.1 cm³/mol. The van der Waals surface area contributed by atoms with Gasteiger partial charge in [-0.25, -0.2) is 0 Å². The lowest BCUT2D eigenvalue weighted by atomic mass is 10.9. The summed E-state index contributed by atoms with van der Waals surface area (Å²) in [6.07, 6.45) is 0. The molecule has 0 spiro atoms. The lowest BCUT2D eigenvalue weighted by molar-refractivity contribution is -0.134. The Morgan fingerprint density at radius 1 is 1.38 bits per heavy atom. The molecule has 0 saturated heterocycles. The minimum absolute atomic E-state index is 0. The van der Waals surface area contributed by atoms with Crippen LogP contribution in [0.25, 0.3) is 0 Å². The predicted octanol–water partition coefficient (Wildman–Crippen LogP) is 1.74. The summed E-state index contributed by atoms with van der Waals surface area (Å²) < 4.78 is 0. The maximum absolute atomic E-state index is 9.00. The zero-order chi connectivity index (χ0) is 5.58. The number of hydrogen-bond donors (Lipinski definition) is 1. The van der Waals surface area contributed by atoms with Gasteiger partial charge in [0.15, 0.2) is 0 Å². The van der Waals surface area contributed by atoms with Gasteiger partial charge in [-0.15, -0.1) is 38.0 Å². The fourth-order valence-corrected chi connectivity index (χ4v) is 0. The van der Waals surface area contributed by atoms with Crippen LogP contribution < -0.4 is 0 Å². The molecule has 0 aliphatic heterocycles. The third-order valence-corrected chi connectivity index (χ3v) is 0. The molecule has 52 valence electrons. The van der Waals surface area contributed by atoms with Crippen molar-refractivity contribution in [3.8, 4) is 0 Å². The first-order chi connectivity index (χ1) is 2.73. The number of hydrogen-bond acceptors (Lipinski definition) is 1. The highest BCUT2D eigenvalue weighted by atomic mass is 35.5. The number of rotatable bonds is 0. The number of aliphatic carboxylic acids is 1. The van der Waals surface area contributed by atoms with Crippen molar-refractivity contribution in [1.82, 2.24) is 0 Å². The molecular weight excluding hydrogens is 151 g/mol. The van der Waals surface area contributed by atoms with Gasteiger partial charge in [0, 0.05) is 6.92 Å². The average Bonchev–Trinajstić information content (AvgIpc) is 1.41. The molecule has 0 aliphatic rings. The van der Waals surface area contributed by atoms with E-state index >= 15 is 0 Å². The zero-order valence-corrected chi connectivity index (χ0v) is 6.22. The van der Waals surface area contributed by atoms with Crippen LogP contribution in [0.4, 0.5) is 0 Å². The first-order valence-electron chi connectivity index (χ1n) is 1.43. The fraction of sp³-hybridized carbons (Fsp3) is 0.250. The largest absolute Gasteiger partial charge is 0.481 e. The molecule has 0 bridgehead atoms. The Hall–Kier alpha value is -0.210. The maximum atomic E-state index is 9.00. The second kappa shape index (κ2) is 29.2. The Kier molecular flexibility index (Phi) is 91.4. The summed E-state index contributed by atoms with van der Waals surface area (Å²) in [4.78, 5) is 9.00. The molecule has 0 saturated carbocycles. The van der Waals surface area contributed by atoms with E-state index in [0.29, 0.717) is 0 Å². The molecule has 0 aromatic carbocycles. The summed E-state index contributed by atoms with van der Waals surface area (Å²) in [6, 6.07) is 0. The monoisotopic (exact) mass is 160 g/mol. The molecular formula is C4H10Cl2O2. The van der Waals surface area contributed by atoms with Crippen molar-refractivity contribution < 1.29 is 9.90 Å². The number of carboxylic acid groups (broad SMARTS) is 1. The van der Waals surface area contributed by atoms with E-state index in [1.165, 1.54) is 0 Å². The van der Waals surface area contributed by atoms with Gasteiger partial charge in [-0.05, 0) is 0 Å². The molecule has 0 atom stereocenters. The smallest absolute Gasteiger partial charge is 0.300 e. The third kappa shape index (κ3) is 3010. The van der Waals surface area contributed by atoms with Crippen molar-refractivity contribution >= 4 is 30.8 Å². The molecule has 4 heteroatoms. The summed E-state index contributed by atoms with van der Waals surface area (Å²) in [7, 11) is 0. The summed E-state index contributed by atoms with van der Waals surface area (Å²) >= 11 is 0. The summed E-state index contributed by atoms with van der Waals surface area (Å²) in [6.45, 7) is 7.08. The van der Waals surface area contributed by atoms with E-state index in [1.807, 2.05) is 0 Å². The van der Waals surface area contributed by atoms with Crippen molar-refractivity contribution in [2.24, 2.45) is 0 Å². The molecule has 0 rings (SSSR count). The molecule has 0 amide bonds. The number of carboxylic acids is 1. The van der Waals surface area contributed by atoms with Crippen LogP contribution in [-0.2, 0) is 4.79 Å². The van der Waals surface area contributed by atoms with Crippen LogP contribution in [0.5, 0.6) is 0 Å². The highest BCUT2D eigenvalue weighted by Gasteiger charge is 1.65. The lowest BCUT2D eigenvalue weighted by Crippen LogP contribution is -1.78. The first-order valence-corrected chi connectivity index (χ1v) is 1.43. The van der Waals surface area contributed by atoms with Crippen molar-refractivity contribution in [2.45, 2.75) is 6.92 Å². The number of halogens is 2. The van der Waals surface area contributed by atoms with Crippen molar-refractivity contribution in [3.63, 3.8) is 0 Å². The van der Waals surface area contributed by atoms with Gasteiger partial charge in [0.05, 0.1) is 0 Å². The topological polar surface area (TPSA) is 37.3 Å². The summed E-state index contributed by atoms with van der Waals surface area (Å²) in [5.74, 6) is -0.833. The lowest BCUT2D eigenvalue weighted by Gasteiger charge is -1.59. The Labute approximate surface area is 61.4 Å². The van der Waals surface area contributed by atoms with Gasteiger partial charge in [0.2, 0.25) is 0 Å². The van der Waals surface area contributed by atoms with Crippen LogP contribution in [0.15, 0.2) is 13.2 Å². The second-order valence-corrected chi connectivity index (χ2v) is 0.519. The molecule has 0 aliphatic carbocycles. The van der Waals surface area contributed by atoms with E-state index in [0.717, 1.165) is 6.92 Å². The van der Waals surface area contributed by atoms with Crippen LogP contribution in [0.2, 0.25) is 0 Å². The fourth-order valence-electron chi connectivity index (χ4n) is 0. The zero-order valence-electron chi connectivity index (χ0n) is 4.59. The minimum atomic E-state index is -0.833. The Morgan fingerprint density at radius 2 is 1.38 bits per heavy atom. The van der Waals surface area contributed by atoms with Crippen LogP contribution in [0.1, 0.15) is 6.92 Å². The number of carbonyl (C=O) groups is 1. The molecule has 1 N–H and O–H groups in total. The summed E-state index contributed by atoms with van der Waals surface area (Å²) in [5.41, 5.74) is 0. The highest BCUT2D eigenvalue weighted by Crippen LogP contribution is 1.42. The van der Waals surface area contributed by atoms with E-state index in [4.69, 9.17) is 9.90 Å². The van der Waals surface area contributed by atoms with E-state index in [2.05, 4.69) is 13.2 Å². The van der Waals surface area contributed by atoms with Crippen molar-refractivity contribution in [2.75, 3.05) is 0 Å². The molecule has 2 nitrogen and oxygen atoms in total. The van der Waals surface area contributed by atoms with Gasteiger partial charge in [-0.3, -0.25) is 4.79 Å². The molecule has 8 heavy (non-hydrogen) atoms. The molecule has 0 aromatic heterocycles. The SMILES string of the molecule is C=C.CC(=O)O.Cl.Cl. The maximum Gasteiger partial charge on any atom is 0.300 e. The Morgan fingerprint density at radius 3 is 1.38 bits per heavy atom. The quantitative estimate of drug-likeness (QED) is 0.549. The molecule has 0 unspecified atom stereocenters. The molecule has 0 heterocycles. The van der Waals surface area contributed by atoms with Crippen LogP contribution in [0, 0.1) is 0 Å². The van der Waals surface area contributed by atoms with Crippen LogP contribution in [-0.4, -0.2) is 11.1 Å². The van der Waals surface area contributed by atoms with Gasteiger partial charge < -0.3 is 5.11 Å². The van der Waals surface area contributed by atoms with E-state index in [9.17, 15) is 0 Å². The van der Waals surface area contributed by atoms with Gasteiger partial charge in [-0.1, -0.05) is 0 Å². The minimum Gasteiger partial charge on any atom is -0.481 e.